The summed E-state index contributed by atoms with van der Waals surface area (Å²) in [4.78, 5) is 27.0. The van der Waals surface area contributed by atoms with Crippen LogP contribution in [0.25, 0.3) is 0 Å². The molecule has 0 fully saturated rings. The Bertz CT molecular complexity index is 189. The van der Waals surface area contributed by atoms with E-state index < -0.39 is 17.9 Å². The monoisotopic (exact) mass is 286 g/mol. The number of rotatable bonds is 1. The van der Waals surface area contributed by atoms with Gasteiger partial charge in [-0.1, -0.05) is 6.08 Å². The van der Waals surface area contributed by atoms with E-state index in [1.54, 1.807) is 6.92 Å². The number of aliphatic hydroxyl groups excluding tert-OH is 1. The minimum absolute atomic E-state index is 0. The highest BCUT2D eigenvalue weighted by Gasteiger charge is 1.75. The van der Waals surface area contributed by atoms with Crippen molar-refractivity contribution in [1.29, 1.82) is 0 Å². The predicted octanol–water partition coefficient (Wildman–Crippen LogP) is 1.15. The Balaban J connectivity index is -0.0000000288. The fraction of sp³-hybridized carbons (Fsp3) is 0.500. The van der Waals surface area contributed by atoms with Crippen molar-refractivity contribution < 1.29 is 34.8 Å². The van der Waals surface area contributed by atoms with Crippen LogP contribution in [-0.4, -0.2) is 44.4 Å². The van der Waals surface area contributed by atoms with Crippen LogP contribution in [0.1, 0.15) is 27.7 Å². The van der Waals surface area contributed by atoms with Crippen molar-refractivity contribution in [3.63, 3.8) is 0 Å². The summed E-state index contributed by atoms with van der Waals surface area (Å²) in [6.07, 6.45) is 1.12. The van der Waals surface area contributed by atoms with Crippen molar-refractivity contribution in [2.24, 2.45) is 0 Å². The highest BCUT2D eigenvalue weighted by molar-refractivity contribution is 5.63. The van der Waals surface area contributed by atoms with Crippen molar-refractivity contribution >= 4 is 17.9 Å². The van der Waals surface area contributed by atoms with Crippen LogP contribution in [-0.2, 0) is 14.4 Å². The van der Waals surface area contributed by atoms with Gasteiger partial charge in [-0.3, -0.25) is 14.4 Å². The van der Waals surface area contributed by atoms with Gasteiger partial charge in [0.1, 0.15) is 0 Å². The van der Waals surface area contributed by atoms with Gasteiger partial charge in [0.05, 0.1) is 6.10 Å². The fourth-order valence-corrected chi connectivity index (χ4v) is 0. The number of hydrogen-bond donors (Lipinski definition) is 6. The van der Waals surface area contributed by atoms with Crippen molar-refractivity contribution in [2.75, 3.05) is 0 Å². The molecule has 1 unspecified atom stereocenters. The number of aliphatic hydroxyl groups is 1. The lowest BCUT2D eigenvalue weighted by Crippen LogP contribution is -1.88. The van der Waals surface area contributed by atoms with Crippen LogP contribution in [0, 0.1) is 0 Å². The third-order valence-corrected chi connectivity index (χ3v) is 0.341. The SMILES string of the molecule is C=CC(C)O.CC(=O)O.CC(=O)O.CC(=O)O.N.N. The van der Waals surface area contributed by atoms with Crippen molar-refractivity contribution in [3.05, 3.63) is 12.7 Å². The van der Waals surface area contributed by atoms with Gasteiger partial charge in [0.15, 0.2) is 0 Å². The van der Waals surface area contributed by atoms with Gasteiger partial charge in [0, 0.05) is 20.8 Å². The maximum Gasteiger partial charge on any atom is 0.300 e. The third-order valence-electron chi connectivity index (χ3n) is 0.341. The van der Waals surface area contributed by atoms with E-state index in [1.807, 2.05) is 0 Å². The second-order valence-electron chi connectivity index (χ2n) is 2.53. The normalized spacial score (nSPS) is 7.63. The molecule has 0 saturated carbocycles. The summed E-state index contributed by atoms with van der Waals surface area (Å²) in [5.41, 5.74) is 0. The van der Waals surface area contributed by atoms with Gasteiger partial charge >= 0.3 is 0 Å². The zero-order chi connectivity index (χ0) is 15.0. The summed E-state index contributed by atoms with van der Waals surface area (Å²) in [7, 11) is 0. The first-order valence-electron chi connectivity index (χ1n) is 4.36. The van der Waals surface area contributed by atoms with E-state index in [4.69, 9.17) is 34.8 Å². The zero-order valence-electron chi connectivity index (χ0n) is 11.8. The van der Waals surface area contributed by atoms with Crippen LogP contribution in [0.2, 0.25) is 0 Å². The zero-order valence-corrected chi connectivity index (χ0v) is 11.8. The Labute approximate surface area is 112 Å². The van der Waals surface area contributed by atoms with Crippen LogP contribution in [0.5, 0.6) is 0 Å². The minimum Gasteiger partial charge on any atom is -0.481 e. The van der Waals surface area contributed by atoms with E-state index in [9.17, 15) is 0 Å². The smallest absolute Gasteiger partial charge is 0.300 e. The summed E-state index contributed by atoms with van der Waals surface area (Å²) in [5, 5.41) is 30.5. The molecule has 0 bridgehead atoms. The Morgan fingerprint density at radius 1 is 0.895 bits per heavy atom. The number of carboxylic acid groups (broad SMARTS) is 3. The highest BCUT2D eigenvalue weighted by atomic mass is 16.4. The van der Waals surface area contributed by atoms with Crippen molar-refractivity contribution in [2.45, 2.75) is 33.8 Å². The standard InChI is InChI=1S/C4H8O.3C2H4O2.2H3N/c1-3-4(2)5;3*1-2(3)4;;/h3-5H,1H2,2H3;3*1H3,(H,3,4);2*1H3. The molecule has 0 spiro atoms. The van der Waals surface area contributed by atoms with Crippen molar-refractivity contribution in [1.82, 2.24) is 12.3 Å². The first kappa shape index (κ1) is 36.0. The van der Waals surface area contributed by atoms with E-state index in [2.05, 4.69) is 6.58 Å². The first-order valence-corrected chi connectivity index (χ1v) is 4.36. The third kappa shape index (κ3) is 3510000. The minimum atomic E-state index is -0.833. The van der Waals surface area contributed by atoms with Gasteiger partial charge in [-0.05, 0) is 6.92 Å². The van der Waals surface area contributed by atoms with Gasteiger partial charge in [-0.2, -0.15) is 0 Å². The Hall–Kier alpha value is -1.97. The maximum absolute atomic E-state index is 9.00. The molecule has 0 aliphatic rings. The topological polar surface area (TPSA) is 202 Å². The molecule has 118 valence electrons. The molecule has 0 saturated heterocycles. The van der Waals surface area contributed by atoms with Crippen LogP contribution in [0.3, 0.4) is 0 Å². The molecule has 10 N–H and O–H groups in total. The summed E-state index contributed by atoms with van der Waals surface area (Å²) in [6.45, 7) is 8.22. The Morgan fingerprint density at radius 2 is 0.947 bits per heavy atom. The molecule has 0 heterocycles. The predicted molar refractivity (Wildman–Crippen MR) is 71.9 cm³/mol. The molecular formula is C10H26N2O7. The fourth-order valence-electron chi connectivity index (χ4n) is 0. The molecule has 0 radical (unpaired) electrons. The van der Waals surface area contributed by atoms with Crippen LogP contribution >= 0.6 is 0 Å². The number of hydrogen-bond acceptors (Lipinski definition) is 6. The molecule has 9 nitrogen and oxygen atoms in total. The van der Waals surface area contributed by atoms with Crippen LogP contribution < -0.4 is 12.3 Å². The lowest BCUT2D eigenvalue weighted by molar-refractivity contribution is -0.135. The molecule has 0 aromatic heterocycles. The Morgan fingerprint density at radius 3 is 0.947 bits per heavy atom. The summed E-state index contributed by atoms with van der Waals surface area (Å²) in [5.74, 6) is -2.50. The average molecular weight is 286 g/mol. The summed E-state index contributed by atoms with van der Waals surface area (Å²) < 4.78 is 0. The second kappa shape index (κ2) is 29.8. The molecule has 1 atom stereocenters. The lowest BCUT2D eigenvalue weighted by Gasteiger charge is -1.84. The second-order valence-corrected chi connectivity index (χ2v) is 2.53. The quantitative estimate of drug-likeness (QED) is 0.382. The molecule has 19 heavy (non-hydrogen) atoms. The summed E-state index contributed by atoms with van der Waals surface area (Å²) >= 11 is 0. The van der Waals surface area contributed by atoms with Gasteiger partial charge in [0.25, 0.3) is 17.9 Å². The van der Waals surface area contributed by atoms with Crippen LogP contribution in [0.15, 0.2) is 12.7 Å². The molecule has 0 aromatic rings. The average Bonchev–Trinajstić information content (AvgIpc) is 2.00. The number of aliphatic carboxylic acids is 3. The number of carbonyl (C=O) groups is 3. The summed E-state index contributed by atoms with van der Waals surface area (Å²) in [6, 6.07) is 0. The van der Waals surface area contributed by atoms with Gasteiger partial charge in [0.2, 0.25) is 0 Å². The molecule has 9 heteroatoms. The number of carboxylic acids is 3. The Kier molecular flexibility index (Phi) is 56.3. The van der Waals surface area contributed by atoms with E-state index in [1.165, 1.54) is 6.08 Å². The van der Waals surface area contributed by atoms with Gasteiger partial charge in [-0.25, -0.2) is 0 Å². The van der Waals surface area contributed by atoms with E-state index in [0.717, 1.165) is 20.8 Å². The molecule has 0 amide bonds. The van der Waals surface area contributed by atoms with Crippen molar-refractivity contribution in [3.8, 4) is 0 Å². The molecule has 0 rings (SSSR count). The first-order chi connectivity index (χ1) is 7.47. The molecular weight excluding hydrogens is 260 g/mol. The largest absolute Gasteiger partial charge is 0.481 e. The van der Waals surface area contributed by atoms with Gasteiger partial charge < -0.3 is 32.7 Å². The highest BCUT2D eigenvalue weighted by Crippen LogP contribution is 1.73. The van der Waals surface area contributed by atoms with E-state index >= 15 is 0 Å². The van der Waals surface area contributed by atoms with Gasteiger partial charge in [-0.15, -0.1) is 6.58 Å². The van der Waals surface area contributed by atoms with E-state index in [-0.39, 0.29) is 18.4 Å². The molecule has 0 aliphatic carbocycles. The molecule has 0 aromatic carbocycles. The van der Waals surface area contributed by atoms with E-state index in [0.29, 0.717) is 0 Å². The van der Waals surface area contributed by atoms with Crippen LogP contribution in [0.4, 0.5) is 0 Å². The molecule has 0 aliphatic heterocycles. The maximum atomic E-state index is 9.00. The lowest BCUT2D eigenvalue weighted by atomic mass is 10.4.